The molecule has 6 nitrogen and oxygen atoms in total. The predicted octanol–water partition coefficient (Wildman–Crippen LogP) is 2.05. The van der Waals surface area contributed by atoms with E-state index in [0.29, 0.717) is 11.4 Å². The van der Waals surface area contributed by atoms with Crippen molar-refractivity contribution >= 4 is 27.6 Å². The molecule has 1 aliphatic carbocycles. The van der Waals surface area contributed by atoms with E-state index in [0.717, 1.165) is 0 Å². The third-order valence-corrected chi connectivity index (χ3v) is 5.22. The molecule has 0 spiro atoms. The zero-order chi connectivity index (χ0) is 16.3. The van der Waals surface area contributed by atoms with Crippen LogP contribution in [0.5, 0.6) is 5.75 Å². The van der Waals surface area contributed by atoms with Crippen molar-refractivity contribution in [3.63, 3.8) is 0 Å². The molecule has 2 N–H and O–H groups in total. The van der Waals surface area contributed by atoms with E-state index in [2.05, 4.69) is 4.72 Å². The van der Waals surface area contributed by atoms with E-state index in [-0.39, 0.29) is 17.1 Å². The molecule has 0 aromatic heterocycles. The van der Waals surface area contributed by atoms with Crippen molar-refractivity contribution in [2.45, 2.75) is 23.8 Å². The summed E-state index contributed by atoms with van der Waals surface area (Å²) < 4.78 is 32.2. The molecule has 22 heavy (non-hydrogen) atoms. The first-order valence-electron chi connectivity index (χ1n) is 6.59. The number of methoxy groups -OCH3 is 1. The topological polar surface area (TPSA) is 92.7 Å². The van der Waals surface area contributed by atoms with Gasteiger partial charge in [0.25, 0.3) is 0 Å². The summed E-state index contributed by atoms with van der Waals surface area (Å²) in [7, 11) is -2.40. The van der Waals surface area contributed by atoms with Gasteiger partial charge in [0.1, 0.15) is 5.75 Å². The molecular weight excluding hydrogens is 330 g/mol. The monoisotopic (exact) mass is 345 g/mol. The fourth-order valence-corrected chi connectivity index (χ4v) is 3.67. The number of hydrogen-bond donors (Lipinski definition) is 2. The smallest absolute Gasteiger partial charge is 0.306 e. The average Bonchev–Trinajstić information content (AvgIpc) is 2.47. The number of benzene rings is 1. The fraction of sp³-hybridized carbons (Fsp3) is 0.357. The molecule has 8 heteroatoms. The van der Waals surface area contributed by atoms with Crippen LogP contribution in [0.4, 0.5) is 0 Å². The van der Waals surface area contributed by atoms with Gasteiger partial charge < -0.3 is 9.84 Å². The molecule has 0 radical (unpaired) electrons. The quantitative estimate of drug-likeness (QED) is 0.797. The zero-order valence-corrected chi connectivity index (χ0v) is 13.4. The molecule has 0 unspecified atom stereocenters. The van der Waals surface area contributed by atoms with Crippen LogP contribution in [-0.4, -0.2) is 32.6 Å². The normalized spacial score (nSPS) is 21.5. The van der Waals surface area contributed by atoms with Crippen LogP contribution in [-0.2, 0) is 14.8 Å². The predicted molar refractivity (Wildman–Crippen MR) is 81.6 cm³/mol. The summed E-state index contributed by atoms with van der Waals surface area (Å²) in [5.41, 5.74) is 0. The van der Waals surface area contributed by atoms with Gasteiger partial charge >= 0.3 is 5.97 Å². The van der Waals surface area contributed by atoms with Crippen LogP contribution in [0, 0.1) is 5.92 Å². The van der Waals surface area contributed by atoms with Gasteiger partial charge in [0.15, 0.2) is 0 Å². The van der Waals surface area contributed by atoms with Crippen molar-refractivity contribution in [1.29, 1.82) is 0 Å². The van der Waals surface area contributed by atoms with Gasteiger partial charge in [-0.05, 0) is 25.0 Å². The Labute approximate surface area is 133 Å². The summed E-state index contributed by atoms with van der Waals surface area (Å²) in [6.07, 6.45) is 3.97. The second kappa shape index (κ2) is 6.68. The molecule has 0 fully saturated rings. The van der Waals surface area contributed by atoms with Gasteiger partial charge in [-0.15, -0.1) is 0 Å². The Balaban J connectivity index is 2.19. The molecule has 0 saturated carbocycles. The summed E-state index contributed by atoms with van der Waals surface area (Å²) in [4.78, 5) is 11.0. The molecule has 0 bridgehead atoms. The number of hydrogen-bond acceptors (Lipinski definition) is 4. The lowest BCUT2D eigenvalue weighted by atomic mass is 9.92. The number of ether oxygens (including phenoxy) is 1. The Kier molecular flexibility index (Phi) is 5.10. The molecule has 2 rings (SSSR count). The number of sulfonamides is 1. The maximum atomic E-state index is 12.4. The fourth-order valence-electron chi connectivity index (χ4n) is 2.25. The van der Waals surface area contributed by atoms with Crippen LogP contribution in [0.25, 0.3) is 0 Å². The number of aliphatic carboxylic acids is 1. The molecule has 0 saturated heterocycles. The van der Waals surface area contributed by atoms with Gasteiger partial charge in [-0.1, -0.05) is 23.8 Å². The maximum Gasteiger partial charge on any atom is 0.306 e. The number of carboxylic acid groups (broad SMARTS) is 1. The van der Waals surface area contributed by atoms with Crippen molar-refractivity contribution < 1.29 is 23.1 Å². The lowest BCUT2D eigenvalue weighted by molar-refractivity contribution is -0.142. The second-order valence-corrected chi connectivity index (χ2v) is 7.08. The van der Waals surface area contributed by atoms with Gasteiger partial charge in [0.05, 0.1) is 22.9 Å². The first-order chi connectivity index (χ1) is 10.3. The third-order valence-electron chi connectivity index (χ3n) is 3.42. The first-order valence-corrected chi connectivity index (χ1v) is 8.45. The molecule has 0 amide bonds. The molecule has 0 aliphatic heterocycles. The zero-order valence-electron chi connectivity index (χ0n) is 11.8. The summed E-state index contributed by atoms with van der Waals surface area (Å²) in [6, 6.07) is 3.58. The number of rotatable bonds is 5. The minimum Gasteiger partial charge on any atom is -0.495 e. The van der Waals surface area contributed by atoms with Crippen LogP contribution in [0.15, 0.2) is 35.2 Å². The Morgan fingerprint density at radius 2 is 2.18 bits per heavy atom. The highest BCUT2D eigenvalue weighted by molar-refractivity contribution is 7.89. The molecule has 120 valence electrons. The Morgan fingerprint density at radius 3 is 2.82 bits per heavy atom. The van der Waals surface area contributed by atoms with Crippen molar-refractivity contribution in [1.82, 2.24) is 4.72 Å². The molecule has 0 heterocycles. The second-order valence-electron chi connectivity index (χ2n) is 4.96. The van der Waals surface area contributed by atoms with Gasteiger partial charge in [0.2, 0.25) is 10.0 Å². The highest BCUT2D eigenvalue weighted by atomic mass is 35.5. The lowest BCUT2D eigenvalue weighted by Crippen LogP contribution is -2.37. The molecule has 1 aliphatic rings. The van der Waals surface area contributed by atoms with E-state index in [1.807, 2.05) is 0 Å². The van der Waals surface area contributed by atoms with Crippen molar-refractivity contribution in [2.24, 2.45) is 5.92 Å². The van der Waals surface area contributed by atoms with Crippen molar-refractivity contribution in [3.8, 4) is 5.75 Å². The Bertz CT molecular complexity index is 701. The van der Waals surface area contributed by atoms with Crippen molar-refractivity contribution in [3.05, 3.63) is 35.4 Å². The molecule has 1 aromatic rings. The van der Waals surface area contributed by atoms with Crippen LogP contribution < -0.4 is 9.46 Å². The van der Waals surface area contributed by atoms with Crippen molar-refractivity contribution in [2.75, 3.05) is 7.11 Å². The number of halogens is 1. The maximum absolute atomic E-state index is 12.4. The van der Waals surface area contributed by atoms with E-state index >= 15 is 0 Å². The summed E-state index contributed by atoms with van der Waals surface area (Å²) in [5.74, 6) is -1.26. The van der Waals surface area contributed by atoms with E-state index in [9.17, 15) is 13.2 Å². The van der Waals surface area contributed by atoms with E-state index in [4.69, 9.17) is 21.4 Å². The van der Waals surface area contributed by atoms with E-state index in [1.165, 1.54) is 25.3 Å². The number of nitrogens with one attached hydrogen (secondary N) is 1. The standard InChI is InChI=1S/C14H16ClNO5S/c1-21-13-8-11(5-6-12(13)15)22(19,20)16-10-4-2-3-9(7-10)14(17)18/h2,4-6,8-10,16H,3,7H2,1H3,(H,17,18)/t9-,10-/m0/s1. The third kappa shape index (κ3) is 3.79. The van der Waals surface area contributed by atoms with Gasteiger partial charge in [0, 0.05) is 12.1 Å². The summed E-state index contributed by atoms with van der Waals surface area (Å²) >= 11 is 5.88. The first kappa shape index (κ1) is 16.8. The lowest BCUT2D eigenvalue weighted by Gasteiger charge is -2.22. The molecular formula is C14H16ClNO5S. The largest absolute Gasteiger partial charge is 0.495 e. The van der Waals surface area contributed by atoms with E-state index in [1.54, 1.807) is 12.2 Å². The van der Waals surface area contributed by atoms with Crippen LogP contribution in [0.1, 0.15) is 12.8 Å². The Hall–Kier alpha value is -1.57. The number of carboxylic acids is 1. The van der Waals surface area contributed by atoms with Gasteiger partial charge in [-0.2, -0.15) is 0 Å². The Morgan fingerprint density at radius 1 is 1.45 bits per heavy atom. The highest BCUT2D eigenvalue weighted by Gasteiger charge is 2.27. The van der Waals surface area contributed by atoms with Crippen LogP contribution in [0.3, 0.4) is 0 Å². The minimum absolute atomic E-state index is 0.0135. The van der Waals surface area contributed by atoms with Gasteiger partial charge in [-0.3, -0.25) is 4.79 Å². The molecule has 1 aromatic carbocycles. The number of carbonyl (C=O) groups is 1. The van der Waals surface area contributed by atoms with Gasteiger partial charge in [-0.25, -0.2) is 13.1 Å². The summed E-state index contributed by atoms with van der Waals surface area (Å²) in [6.45, 7) is 0. The minimum atomic E-state index is -3.79. The van der Waals surface area contributed by atoms with Crippen LogP contribution in [0.2, 0.25) is 5.02 Å². The number of allylic oxidation sites excluding steroid dienone is 1. The average molecular weight is 346 g/mol. The molecule has 2 atom stereocenters. The highest BCUT2D eigenvalue weighted by Crippen LogP contribution is 2.27. The van der Waals surface area contributed by atoms with Crippen LogP contribution >= 0.6 is 11.6 Å². The summed E-state index contributed by atoms with van der Waals surface area (Å²) in [5, 5.41) is 9.34. The van der Waals surface area contributed by atoms with E-state index < -0.39 is 28.0 Å². The SMILES string of the molecule is COc1cc(S(=O)(=O)N[C@H]2C=CC[C@H](C(=O)O)C2)ccc1Cl.